The third-order valence-corrected chi connectivity index (χ3v) is 2.96. The highest BCUT2D eigenvalue weighted by molar-refractivity contribution is 5.82. The molecule has 1 radical (unpaired) electrons. The van der Waals surface area contributed by atoms with Gasteiger partial charge in [-0.1, -0.05) is 48.9 Å². The van der Waals surface area contributed by atoms with Crippen LogP contribution < -0.4 is 5.73 Å². The largest absolute Gasteiger partial charge is 0.258 e. The summed E-state index contributed by atoms with van der Waals surface area (Å²) in [5, 5.41) is 2.65. The van der Waals surface area contributed by atoms with Crippen molar-refractivity contribution in [2.24, 2.45) is 0 Å². The van der Waals surface area contributed by atoms with Gasteiger partial charge in [-0.3, -0.25) is 5.73 Å². The lowest BCUT2D eigenvalue weighted by atomic mass is 10.0. The van der Waals surface area contributed by atoms with Crippen molar-refractivity contribution < 1.29 is 0 Å². The Balaban J connectivity index is 2.02. The first-order chi connectivity index (χ1) is 7.90. The molecule has 2 aromatic carbocycles. The van der Waals surface area contributed by atoms with E-state index in [1.54, 1.807) is 0 Å². The molecular weight excluding hydrogens is 194 g/mol. The molecule has 0 saturated heterocycles. The average molecular weight is 212 g/mol. The summed E-state index contributed by atoms with van der Waals surface area (Å²) in [5.74, 6) is 0. The molecule has 0 bridgehead atoms. The summed E-state index contributed by atoms with van der Waals surface area (Å²) in [4.78, 5) is 0. The van der Waals surface area contributed by atoms with Crippen molar-refractivity contribution in [2.75, 3.05) is 6.54 Å². The van der Waals surface area contributed by atoms with Crippen LogP contribution in [0.3, 0.4) is 0 Å². The molecule has 1 heteroatoms. The summed E-state index contributed by atoms with van der Waals surface area (Å²) in [6.45, 7) is 0.567. The number of benzene rings is 2. The smallest absolute Gasteiger partial charge is 0.00997 e. The van der Waals surface area contributed by atoms with E-state index in [0.717, 1.165) is 12.8 Å². The Morgan fingerprint density at radius 2 is 1.62 bits per heavy atom. The fraction of sp³-hybridized carbons (Fsp3) is 0.333. The zero-order chi connectivity index (χ0) is 11.2. The van der Waals surface area contributed by atoms with Gasteiger partial charge in [0.1, 0.15) is 0 Å². The van der Waals surface area contributed by atoms with Gasteiger partial charge in [0.2, 0.25) is 0 Å². The Morgan fingerprint density at radius 1 is 0.812 bits per heavy atom. The fourth-order valence-electron chi connectivity index (χ4n) is 2.03. The van der Waals surface area contributed by atoms with Gasteiger partial charge in [0.15, 0.2) is 0 Å². The zero-order valence-electron chi connectivity index (χ0n) is 9.58. The van der Waals surface area contributed by atoms with Crippen molar-refractivity contribution in [3.8, 4) is 0 Å². The first kappa shape index (κ1) is 11.2. The maximum atomic E-state index is 7.09. The van der Waals surface area contributed by atoms with Gasteiger partial charge in [0.25, 0.3) is 0 Å². The Bertz CT molecular complexity index is 448. The number of hydrogen-bond donors (Lipinski definition) is 0. The van der Waals surface area contributed by atoms with Crippen molar-refractivity contribution in [1.82, 2.24) is 5.73 Å². The molecule has 0 aliphatic rings. The molecule has 0 aromatic heterocycles. The molecule has 83 valence electrons. The number of unbranched alkanes of at least 4 members (excludes halogenated alkanes) is 2. The summed E-state index contributed by atoms with van der Waals surface area (Å²) in [5.41, 5.74) is 8.51. The van der Waals surface area contributed by atoms with E-state index in [2.05, 4.69) is 42.5 Å². The number of nitrogens with one attached hydrogen (secondary N) is 1. The van der Waals surface area contributed by atoms with E-state index in [0.29, 0.717) is 6.54 Å². The fourth-order valence-corrected chi connectivity index (χ4v) is 2.03. The predicted molar refractivity (Wildman–Crippen MR) is 69.5 cm³/mol. The van der Waals surface area contributed by atoms with Gasteiger partial charge < -0.3 is 0 Å². The molecule has 2 aromatic rings. The van der Waals surface area contributed by atoms with E-state index >= 15 is 0 Å². The molecule has 0 aliphatic heterocycles. The molecule has 0 amide bonds. The van der Waals surface area contributed by atoms with E-state index in [1.807, 2.05) is 0 Å². The SMILES string of the molecule is [NH]CCCCCc1ccc2ccccc2c1. The highest BCUT2D eigenvalue weighted by Gasteiger charge is 1.96. The van der Waals surface area contributed by atoms with E-state index < -0.39 is 0 Å². The molecule has 0 heterocycles. The third-order valence-electron chi connectivity index (χ3n) is 2.96. The summed E-state index contributed by atoms with van der Waals surface area (Å²) in [6.07, 6.45) is 4.56. The molecule has 0 fully saturated rings. The van der Waals surface area contributed by atoms with Crippen LogP contribution >= 0.6 is 0 Å². The van der Waals surface area contributed by atoms with Gasteiger partial charge in [-0.2, -0.15) is 0 Å². The molecular formula is C15H18N. The Morgan fingerprint density at radius 3 is 2.44 bits per heavy atom. The van der Waals surface area contributed by atoms with Crippen LogP contribution in [-0.4, -0.2) is 6.54 Å². The number of rotatable bonds is 5. The summed E-state index contributed by atoms with van der Waals surface area (Å²) in [7, 11) is 0. The zero-order valence-corrected chi connectivity index (χ0v) is 9.58. The second-order valence-corrected chi connectivity index (χ2v) is 4.24. The third kappa shape index (κ3) is 2.83. The van der Waals surface area contributed by atoms with Gasteiger partial charge in [0.05, 0.1) is 0 Å². The van der Waals surface area contributed by atoms with Crippen molar-refractivity contribution in [1.29, 1.82) is 0 Å². The predicted octanol–water partition coefficient (Wildman–Crippen LogP) is 3.84. The number of hydrogen-bond acceptors (Lipinski definition) is 0. The van der Waals surface area contributed by atoms with E-state index in [9.17, 15) is 0 Å². The van der Waals surface area contributed by atoms with E-state index in [1.165, 1.54) is 29.2 Å². The van der Waals surface area contributed by atoms with Crippen molar-refractivity contribution >= 4 is 10.8 Å². The first-order valence-corrected chi connectivity index (χ1v) is 6.02. The van der Waals surface area contributed by atoms with Gasteiger partial charge in [-0.15, -0.1) is 0 Å². The standard InChI is InChI=1S/C15H18N/c16-11-5-1-2-6-13-9-10-14-7-3-4-8-15(14)12-13/h3-4,7-10,12,16H,1-2,5-6,11H2. The molecule has 0 aliphatic carbocycles. The molecule has 0 unspecified atom stereocenters. The van der Waals surface area contributed by atoms with E-state index in [-0.39, 0.29) is 0 Å². The second-order valence-electron chi connectivity index (χ2n) is 4.24. The topological polar surface area (TPSA) is 23.8 Å². The molecule has 1 nitrogen and oxygen atoms in total. The molecule has 0 spiro atoms. The molecule has 2 rings (SSSR count). The first-order valence-electron chi connectivity index (χ1n) is 6.02. The van der Waals surface area contributed by atoms with Crippen LogP contribution in [0, 0.1) is 0 Å². The van der Waals surface area contributed by atoms with E-state index in [4.69, 9.17) is 5.73 Å². The van der Waals surface area contributed by atoms with Gasteiger partial charge in [-0.05, 0) is 35.6 Å². The van der Waals surface area contributed by atoms with Crippen molar-refractivity contribution in [3.05, 3.63) is 48.0 Å². The van der Waals surface area contributed by atoms with Crippen LogP contribution in [0.25, 0.3) is 10.8 Å². The van der Waals surface area contributed by atoms with Crippen molar-refractivity contribution in [3.63, 3.8) is 0 Å². The van der Waals surface area contributed by atoms with Gasteiger partial charge in [-0.25, -0.2) is 0 Å². The molecule has 16 heavy (non-hydrogen) atoms. The lowest BCUT2D eigenvalue weighted by Crippen LogP contribution is -1.89. The van der Waals surface area contributed by atoms with Crippen LogP contribution in [0.2, 0.25) is 0 Å². The lowest BCUT2D eigenvalue weighted by molar-refractivity contribution is 0.681. The summed E-state index contributed by atoms with van der Waals surface area (Å²) < 4.78 is 0. The normalized spacial score (nSPS) is 10.8. The lowest BCUT2D eigenvalue weighted by Gasteiger charge is -2.03. The van der Waals surface area contributed by atoms with Gasteiger partial charge >= 0.3 is 0 Å². The monoisotopic (exact) mass is 212 g/mol. The quantitative estimate of drug-likeness (QED) is 0.672. The van der Waals surface area contributed by atoms with Crippen molar-refractivity contribution in [2.45, 2.75) is 25.7 Å². The highest BCUT2D eigenvalue weighted by atomic mass is 14.5. The van der Waals surface area contributed by atoms with Gasteiger partial charge in [0, 0.05) is 6.54 Å². The van der Waals surface area contributed by atoms with Crippen LogP contribution in [0.4, 0.5) is 0 Å². The Labute approximate surface area is 97.3 Å². The average Bonchev–Trinajstić information content (AvgIpc) is 2.34. The highest BCUT2D eigenvalue weighted by Crippen LogP contribution is 2.17. The Kier molecular flexibility index (Phi) is 3.95. The maximum absolute atomic E-state index is 7.09. The summed E-state index contributed by atoms with van der Waals surface area (Å²) >= 11 is 0. The minimum atomic E-state index is 0.567. The number of fused-ring (bicyclic) bond motifs is 1. The minimum Gasteiger partial charge on any atom is -0.258 e. The van der Waals surface area contributed by atoms with Crippen LogP contribution in [0.1, 0.15) is 24.8 Å². The Hall–Kier alpha value is -1.34. The van der Waals surface area contributed by atoms with Crippen LogP contribution in [-0.2, 0) is 6.42 Å². The van der Waals surface area contributed by atoms with Crippen LogP contribution in [0.5, 0.6) is 0 Å². The number of aryl methyl sites for hydroxylation is 1. The molecule has 0 saturated carbocycles. The molecule has 1 N–H and O–H groups in total. The summed E-state index contributed by atoms with van der Waals surface area (Å²) in [6, 6.07) is 15.2. The van der Waals surface area contributed by atoms with Crippen LogP contribution in [0.15, 0.2) is 42.5 Å². The second kappa shape index (κ2) is 5.66. The minimum absolute atomic E-state index is 0.567. The maximum Gasteiger partial charge on any atom is 0.00997 e. The molecule has 0 atom stereocenters.